The van der Waals surface area contributed by atoms with Crippen molar-refractivity contribution in [3.8, 4) is 5.75 Å². The summed E-state index contributed by atoms with van der Waals surface area (Å²) >= 11 is 0. The summed E-state index contributed by atoms with van der Waals surface area (Å²) in [6.07, 6.45) is 7.18. The zero-order valence-corrected chi connectivity index (χ0v) is 14.2. The number of aliphatic hydroxyl groups is 1. The van der Waals surface area contributed by atoms with Crippen LogP contribution in [0.1, 0.15) is 18.4 Å². The maximum Gasteiger partial charge on any atom is 0.229 e. The molecular formula is C19H23N3O3. The van der Waals surface area contributed by atoms with Gasteiger partial charge in [0.2, 0.25) is 5.91 Å². The van der Waals surface area contributed by atoms with Crippen LogP contribution in [-0.4, -0.2) is 50.8 Å². The third kappa shape index (κ3) is 3.39. The number of carbonyl (C=O) groups is 1. The van der Waals surface area contributed by atoms with Crippen molar-refractivity contribution >= 4 is 5.91 Å². The van der Waals surface area contributed by atoms with Crippen LogP contribution in [0.5, 0.6) is 5.75 Å². The van der Waals surface area contributed by atoms with Gasteiger partial charge < -0.3 is 19.3 Å². The molecule has 25 heavy (non-hydrogen) atoms. The minimum Gasteiger partial charge on any atom is -0.492 e. The number of nitrogens with zero attached hydrogens (tertiary/aromatic N) is 3. The van der Waals surface area contributed by atoms with Crippen LogP contribution >= 0.6 is 0 Å². The Morgan fingerprint density at radius 2 is 2.12 bits per heavy atom. The number of hydrogen-bond donors (Lipinski definition) is 1. The van der Waals surface area contributed by atoms with Gasteiger partial charge in [0.25, 0.3) is 0 Å². The maximum absolute atomic E-state index is 12.8. The predicted octanol–water partition coefficient (Wildman–Crippen LogP) is 1.49. The van der Waals surface area contributed by atoms with Gasteiger partial charge in [0, 0.05) is 25.5 Å². The molecule has 6 heteroatoms. The lowest BCUT2D eigenvalue weighted by molar-refractivity contribution is -0.141. The van der Waals surface area contributed by atoms with E-state index in [0.717, 1.165) is 17.7 Å². The van der Waals surface area contributed by atoms with Gasteiger partial charge in [-0.15, -0.1) is 0 Å². The SMILES string of the molecule is O=C(C1COc2ccccc2C1)N1CCC(O)(Cn2ccnc2)CC1. The smallest absolute Gasteiger partial charge is 0.229 e. The summed E-state index contributed by atoms with van der Waals surface area (Å²) in [5, 5.41) is 10.8. The zero-order chi connectivity index (χ0) is 17.3. The molecule has 0 bridgehead atoms. The largest absolute Gasteiger partial charge is 0.492 e. The Labute approximate surface area is 147 Å². The monoisotopic (exact) mass is 341 g/mol. The van der Waals surface area contributed by atoms with E-state index < -0.39 is 5.60 Å². The second-order valence-electron chi connectivity index (χ2n) is 7.10. The number of likely N-dealkylation sites (tertiary alicyclic amines) is 1. The molecule has 2 aromatic rings. The molecule has 0 spiro atoms. The van der Waals surface area contributed by atoms with Crippen molar-refractivity contribution in [1.29, 1.82) is 0 Å². The molecule has 1 aromatic carbocycles. The van der Waals surface area contributed by atoms with Crippen LogP contribution in [0.2, 0.25) is 0 Å². The molecule has 0 aliphatic carbocycles. The van der Waals surface area contributed by atoms with E-state index in [4.69, 9.17) is 4.74 Å². The second kappa shape index (κ2) is 6.52. The molecular weight excluding hydrogens is 318 g/mol. The number of ether oxygens (including phenoxy) is 1. The fourth-order valence-corrected chi connectivity index (χ4v) is 3.77. The Morgan fingerprint density at radius 3 is 2.88 bits per heavy atom. The predicted molar refractivity (Wildman–Crippen MR) is 92.1 cm³/mol. The van der Waals surface area contributed by atoms with Crippen LogP contribution in [-0.2, 0) is 17.8 Å². The van der Waals surface area contributed by atoms with E-state index in [9.17, 15) is 9.90 Å². The Kier molecular flexibility index (Phi) is 4.21. The summed E-state index contributed by atoms with van der Waals surface area (Å²) in [4.78, 5) is 18.7. The first-order valence-corrected chi connectivity index (χ1v) is 8.81. The highest BCUT2D eigenvalue weighted by Gasteiger charge is 2.37. The topological polar surface area (TPSA) is 67.6 Å². The van der Waals surface area contributed by atoms with Crippen molar-refractivity contribution < 1.29 is 14.6 Å². The van der Waals surface area contributed by atoms with E-state index in [1.54, 1.807) is 12.5 Å². The van der Waals surface area contributed by atoms with Crippen molar-refractivity contribution in [1.82, 2.24) is 14.5 Å². The van der Waals surface area contributed by atoms with E-state index in [1.165, 1.54) is 0 Å². The third-order valence-electron chi connectivity index (χ3n) is 5.27. The first-order valence-electron chi connectivity index (χ1n) is 8.81. The second-order valence-corrected chi connectivity index (χ2v) is 7.10. The van der Waals surface area contributed by atoms with Crippen molar-refractivity contribution in [2.45, 2.75) is 31.4 Å². The average Bonchev–Trinajstić information content (AvgIpc) is 3.14. The van der Waals surface area contributed by atoms with E-state index >= 15 is 0 Å². The lowest BCUT2D eigenvalue weighted by atomic mass is 9.89. The number of fused-ring (bicyclic) bond motifs is 1. The Balaban J connectivity index is 1.35. The quantitative estimate of drug-likeness (QED) is 0.918. The molecule has 3 heterocycles. The molecule has 0 saturated carbocycles. The molecule has 1 atom stereocenters. The van der Waals surface area contributed by atoms with Crippen molar-refractivity contribution in [3.63, 3.8) is 0 Å². The zero-order valence-electron chi connectivity index (χ0n) is 14.2. The number of carbonyl (C=O) groups excluding carboxylic acids is 1. The number of aromatic nitrogens is 2. The average molecular weight is 341 g/mol. The Hall–Kier alpha value is -2.34. The molecule has 132 valence electrons. The molecule has 1 unspecified atom stereocenters. The number of imidazole rings is 1. The Bertz CT molecular complexity index is 736. The van der Waals surface area contributed by atoms with Crippen LogP contribution in [0.15, 0.2) is 43.0 Å². The summed E-state index contributed by atoms with van der Waals surface area (Å²) in [5.74, 6) is 0.897. The fraction of sp³-hybridized carbons (Fsp3) is 0.474. The van der Waals surface area contributed by atoms with Crippen molar-refractivity contribution in [3.05, 3.63) is 48.5 Å². The standard InChI is InChI=1S/C19H23N3O3/c23-18(16-11-15-3-1-2-4-17(15)25-12-16)22-8-5-19(24,6-9-22)13-21-10-7-20-14-21/h1-4,7,10,14,16,24H,5-6,8-9,11-13H2. The van der Waals surface area contributed by atoms with E-state index in [1.807, 2.05) is 39.9 Å². The van der Waals surface area contributed by atoms with E-state index in [2.05, 4.69) is 4.98 Å². The summed E-state index contributed by atoms with van der Waals surface area (Å²) in [7, 11) is 0. The van der Waals surface area contributed by atoms with Gasteiger partial charge >= 0.3 is 0 Å². The third-order valence-corrected chi connectivity index (χ3v) is 5.27. The number of hydrogen-bond acceptors (Lipinski definition) is 4. The van der Waals surface area contributed by atoms with Crippen LogP contribution in [0.4, 0.5) is 0 Å². The number of para-hydroxylation sites is 1. The number of piperidine rings is 1. The normalized spacial score (nSPS) is 22.1. The lowest BCUT2D eigenvalue weighted by Gasteiger charge is -2.40. The minimum atomic E-state index is -0.771. The summed E-state index contributed by atoms with van der Waals surface area (Å²) < 4.78 is 7.64. The summed E-state index contributed by atoms with van der Waals surface area (Å²) in [5.41, 5.74) is 0.327. The van der Waals surface area contributed by atoms with Crippen LogP contribution < -0.4 is 4.74 Å². The van der Waals surface area contributed by atoms with Gasteiger partial charge in [0.1, 0.15) is 12.4 Å². The van der Waals surface area contributed by atoms with Crippen LogP contribution in [0, 0.1) is 5.92 Å². The van der Waals surface area contributed by atoms with Crippen LogP contribution in [0.3, 0.4) is 0 Å². The van der Waals surface area contributed by atoms with Crippen molar-refractivity contribution in [2.24, 2.45) is 5.92 Å². The fourth-order valence-electron chi connectivity index (χ4n) is 3.77. The first kappa shape index (κ1) is 16.1. The summed E-state index contributed by atoms with van der Waals surface area (Å²) in [6, 6.07) is 7.90. The minimum absolute atomic E-state index is 0.130. The number of amides is 1. The van der Waals surface area contributed by atoms with Gasteiger partial charge in [-0.25, -0.2) is 4.98 Å². The maximum atomic E-state index is 12.8. The van der Waals surface area contributed by atoms with Gasteiger partial charge in [-0.2, -0.15) is 0 Å². The Morgan fingerprint density at radius 1 is 1.32 bits per heavy atom. The molecule has 6 nitrogen and oxygen atoms in total. The van der Waals surface area contributed by atoms with Gasteiger partial charge in [-0.1, -0.05) is 18.2 Å². The first-order chi connectivity index (χ1) is 12.1. The highest BCUT2D eigenvalue weighted by Crippen LogP contribution is 2.30. The molecule has 1 fully saturated rings. The molecule has 1 aromatic heterocycles. The van der Waals surface area contributed by atoms with E-state index in [-0.39, 0.29) is 11.8 Å². The molecule has 1 amide bonds. The number of benzene rings is 1. The molecule has 0 radical (unpaired) electrons. The molecule has 1 saturated heterocycles. The molecule has 1 N–H and O–H groups in total. The van der Waals surface area contributed by atoms with Gasteiger partial charge in [-0.05, 0) is 30.9 Å². The number of rotatable bonds is 3. The highest BCUT2D eigenvalue weighted by atomic mass is 16.5. The lowest BCUT2D eigenvalue weighted by Crippen LogP contribution is -2.51. The molecule has 4 rings (SSSR count). The van der Waals surface area contributed by atoms with Crippen LogP contribution in [0.25, 0.3) is 0 Å². The molecule has 2 aliphatic rings. The summed E-state index contributed by atoms with van der Waals surface area (Å²) in [6.45, 7) is 2.13. The van der Waals surface area contributed by atoms with Gasteiger partial charge in [0.15, 0.2) is 0 Å². The highest BCUT2D eigenvalue weighted by molar-refractivity contribution is 5.80. The van der Waals surface area contributed by atoms with Gasteiger partial charge in [0.05, 0.1) is 24.4 Å². The van der Waals surface area contributed by atoms with Crippen molar-refractivity contribution in [2.75, 3.05) is 19.7 Å². The van der Waals surface area contributed by atoms with Gasteiger partial charge in [-0.3, -0.25) is 4.79 Å². The van der Waals surface area contributed by atoms with E-state index in [0.29, 0.717) is 39.1 Å². The molecule has 2 aliphatic heterocycles.